The third-order valence-corrected chi connectivity index (χ3v) is 3.55. The third kappa shape index (κ3) is 4.23. The molecule has 0 fully saturated rings. The molecule has 1 amide bonds. The number of hydrogen-bond donors (Lipinski definition) is 1. The number of anilines is 1. The molecule has 3 aromatic rings. The van der Waals surface area contributed by atoms with Gasteiger partial charge in [-0.25, -0.2) is 9.37 Å². The maximum absolute atomic E-state index is 12.8. The molecule has 0 unspecified atom stereocenters. The summed E-state index contributed by atoms with van der Waals surface area (Å²) in [6.45, 7) is 4.20. The molecule has 0 atom stereocenters. The Morgan fingerprint density at radius 1 is 1.20 bits per heavy atom. The molecule has 0 bridgehead atoms. The summed E-state index contributed by atoms with van der Waals surface area (Å²) in [5, 5.41) is 2.54. The smallest absolute Gasteiger partial charge is 0.292 e. The van der Waals surface area contributed by atoms with Gasteiger partial charge >= 0.3 is 0 Å². The monoisotopic (exact) mass is 340 g/mol. The highest BCUT2D eigenvalue weighted by molar-refractivity contribution is 6.01. The predicted molar refractivity (Wildman–Crippen MR) is 91.1 cm³/mol. The van der Waals surface area contributed by atoms with E-state index in [9.17, 15) is 9.18 Å². The van der Waals surface area contributed by atoms with E-state index in [1.54, 1.807) is 12.1 Å². The number of furan rings is 1. The molecule has 25 heavy (non-hydrogen) atoms. The molecule has 0 saturated heterocycles. The molecule has 0 saturated carbocycles. The number of halogens is 1. The van der Waals surface area contributed by atoms with Gasteiger partial charge in [0, 0.05) is 0 Å². The molecule has 5 nitrogen and oxygen atoms in total. The molecule has 0 radical (unpaired) electrons. The van der Waals surface area contributed by atoms with E-state index < -0.39 is 11.7 Å². The fourth-order valence-corrected chi connectivity index (χ4v) is 2.32. The summed E-state index contributed by atoms with van der Waals surface area (Å²) >= 11 is 0. The molecule has 1 aromatic carbocycles. The number of rotatable bonds is 5. The Morgan fingerprint density at radius 3 is 2.76 bits per heavy atom. The van der Waals surface area contributed by atoms with Crippen LogP contribution < -0.4 is 10.1 Å². The summed E-state index contributed by atoms with van der Waals surface area (Å²) in [7, 11) is 0. The number of aryl methyl sites for hydroxylation is 2. The van der Waals surface area contributed by atoms with E-state index in [2.05, 4.69) is 10.3 Å². The predicted octanol–water partition coefficient (Wildman–Crippen LogP) is 4.26. The summed E-state index contributed by atoms with van der Waals surface area (Å²) in [6.07, 6.45) is 1.03. The average molecular weight is 340 g/mol. The molecule has 3 rings (SSSR count). The highest BCUT2D eigenvalue weighted by Crippen LogP contribution is 2.20. The standard InChI is InChI=1S/C19H17FN2O3/c1-12-3-6-16(13(2)9-12)24-11-15-5-7-17(25-15)19(23)22-18-8-4-14(20)10-21-18/h3-10H,11H2,1-2H3,(H,21,22,23). The van der Waals surface area contributed by atoms with Gasteiger partial charge < -0.3 is 14.5 Å². The van der Waals surface area contributed by atoms with Gasteiger partial charge in [0.2, 0.25) is 0 Å². The number of nitrogens with zero attached hydrogens (tertiary/aromatic N) is 1. The highest BCUT2D eigenvalue weighted by atomic mass is 19.1. The zero-order valence-electron chi connectivity index (χ0n) is 13.9. The number of hydrogen-bond acceptors (Lipinski definition) is 4. The van der Waals surface area contributed by atoms with Gasteiger partial charge in [-0.15, -0.1) is 0 Å². The van der Waals surface area contributed by atoms with Gasteiger partial charge in [-0.05, 0) is 49.7 Å². The average Bonchev–Trinajstić information content (AvgIpc) is 3.05. The number of aromatic nitrogens is 1. The number of carbonyl (C=O) groups excluding carboxylic acids is 1. The van der Waals surface area contributed by atoms with Gasteiger partial charge in [-0.3, -0.25) is 4.79 Å². The van der Waals surface area contributed by atoms with E-state index >= 15 is 0 Å². The van der Waals surface area contributed by atoms with Crippen molar-refractivity contribution in [3.05, 3.63) is 77.1 Å². The highest BCUT2D eigenvalue weighted by Gasteiger charge is 2.13. The summed E-state index contributed by atoms with van der Waals surface area (Å²) in [5.41, 5.74) is 2.20. The first kappa shape index (κ1) is 16.7. The van der Waals surface area contributed by atoms with Gasteiger partial charge in [0.15, 0.2) is 5.76 Å². The van der Waals surface area contributed by atoms with Crippen LogP contribution in [0.3, 0.4) is 0 Å². The Hall–Kier alpha value is -3.15. The van der Waals surface area contributed by atoms with Crippen LogP contribution in [0.5, 0.6) is 5.75 Å². The van der Waals surface area contributed by atoms with E-state index in [-0.39, 0.29) is 18.2 Å². The van der Waals surface area contributed by atoms with Crippen LogP contribution in [0.2, 0.25) is 0 Å². The summed E-state index contributed by atoms with van der Waals surface area (Å²) < 4.78 is 24.0. The molecular formula is C19H17FN2O3. The van der Waals surface area contributed by atoms with Crippen molar-refractivity contribution in [3.8, 4) is 5.75 Å². The number of pyridine rings is 1. The number of benzene rings is 1. The molecule has 0 aliphatic carbocycles. The van der Waals surface area contributed by atoms with Crippen molar-refractivity contribution >= 4 is 11.7 Å². The number of carbonyl (C=O) groups is 1. The fourth-order valence-electron chi connectivity index (χ4n) is 2.32. The Kier molecular flexibility index (Phi) is 4.79. The van der Waals surface area contributed by atoms with Gasteiger partial charge in [-0.1, -0.05) is 17.7 Å². The van der Waals surface area contributed by atoms with Crippen LogP contribution in [0.25, 0.3) is 0 Å². The molecule has 128 valence electrons. The molecule has 0 aliphatic rings. The quantitative estimate of drug-likeness (QED) is 0.754. The summed E-state index contributed by atoms with van der Waals surface area (Å²) in [6, 6.07) is 11.7. The van der Waals surface area contributed by atoms with Crippen LogP contribution >= 0.6 is 0 Å². The van der Waals surface area contributed by atoms with Crippen molar-refractivity contribution in [3.63, 3.8) is 0 Å². The lowest BCUT2D eigenvalue weighted by Gasteiger charge is -2.08. The topological polar surface area (TPSA) is 64.4 Å². The van der Waals surface area contributed by atoms with Crippen LogP contribution in [0.1, 0.15) is 27.4 Å². The van der Waals surface area contributed by atoms with E-state index in [0.717, 1.165) is 23.1 Å². The first-order chi connectivity index (χ1) is 12.0. The van der Waals surface area contributed by atoms with Crippen LogP contribution in [0.4, 0.5) is 10.2 Å². The van der Waals surface area contributed by atoms with E-state index in [4.69, 9.17) is 9.15 Å². The Labute approximate surface area is 144 Å². The minimum atomic E-state index is -0.471. The lowest BCUT2D eigenvalue weighted by Crippen LogP contribution is -2.12. The molecule has 1 N–H and O–H groups in total. The third-order valence-electron chi connectivity index (χ3n) is 3.55. The van der Waals surface area contributed by atoms with Crippen LogP contribution in [-0.2, 0) is 6.61 Å². The normalized spacial score (nSPS) is 10.5. The second-order valence-corrected chi connectivity index (χ2v) is 5.64. The zero-order chi connectivity index (χ0) is 17.8. The first-order valence-corrected chi connectivity index (χ1v) is 7.73. The van der Waals surface area contributed by atoms with Crippen LogP contribution in [0.15, 0.2) is 53.1 Å². The van der Waals surface area contributed by atoms with Gasteiger partial charge in [0.25, 0.3) is 5.91 Å². The van der Waals surface area contributed by atoms with E-state index in [0.29, 0.717) is 5.76 Å². The maximum Gasteiger partial charge on any atom is 0.292 e. The summed E-state index contributed by atoms with van der Waals surface area (Å²) in [4.78, 5) is 15.9. The van der Waals surface area contributed by atoms with Crippen molar-refractivity contribution in [1.82, 2.24) is 4.98 Å². The van der Waals surface area contributed by atoms with E-state index in [1.807, 2.05) is 32.0 Å². The maximum atomic E-state index is 12.8. The fraction of sp³-hybridized carbons (Fsp3) is 0.158. The first-order valence-electron chi connectivity index (χ1n) is 7.73. The second-order valence-electron chi connectivity index (χ2n) is 5.64. The molecule has 0 aliphatic heterocycles. The Bertz CT molecular complexity index is 888. The minimum Gasteiger partial charge on any atom is -0.485 e. The largest absolute Gasteiger partial charge is 0.485 e. The van der Waals surface area contributed by atoms with Crippen molar-refractivity contribution < 1.29 is 18.3 Å². The number of ether oxygens (including phenoxy) is 1. The van der Waals surface area contributed by atoms with Crippen molar-refractivity contribution in [2.24, 2.45) is 0 Å². The van der Waals surface area contributed by atoms with Gasteiger partial charge in [-0.2, -0.15) is 0 Å². The molecular weight excluding hydrogens is 323 g/mol. The van der Waals surface area contributed by atoms with Crippen molar-refractivity contribution in [2.45, 2.75) is 20.5 Å². The van der Waals surface area contributed by atoms with E-state index in [1.165, 1.54) is 12.1 Å². The lowest BCUT2D eigenvalue weighted by molar-refractivity contribution is 0.0992. The molecule has 6 heteroatoms. The SMILES string of the molecule is Cc1ccc(OCc2ccc(C(=O)Nc3ccc(F)cn3)o2)c(C)c1. The van der Waals surface area contributed by atoms with Crippen molar-refractivity contribution in [1.29, 1.82) is 0 Å². The van der Waals surface area contributed by atoms with Gasteiger partial charge in [0.05, 0.1) is 6.20 Å². The summed E-state index contributed by atoms with van der Waals surface area (Å²) in [5.74, 6) is 0.737. The second kappa shape index (κ2) is 7.17. The Balaban J connectivity index is 1.61. The molecule has 0 spiro atoms. The number of amides is 1. The van der Waals surface area contributed by atoms with Crippen LogP contribution in [0, 0.1) is 19.7 Å². The molecule has 2 heterocycles. The Morgan fingerprint density at radius 2 is 2.04 bits per heavy atom. The van der Waals surface area contributed by atoms with Crippen LogP contribution in [-0.4, -0.2) is 10.9 Å². The zero-order valence-corrected chi connectivity index (χ0v) is 13.9. The van der Waals surface area contributed by atoms with Crippen molar-refractivity contribution in [2.75, 3.05) is 5.32 Å². The minimum absolute atomic E-state index is 0.130. The lowest BCUT2D eigenvalue weighted by atomic mass is 10.1. The van der Waals surface area contributed by atoms with Gasteiger partial charge in [0.1, 0.15) is 29.8 Å². The molecule has 2 aromatic heterocycles. The number of nitrogens with one attached hydrogen (secondary N) is 1.